The van der Waals surface area contributed by atoms with E-state index < -0.39 is 21.8 Å². The van der Waals surface area contributed by atoms with Crippen molar-refractivity contribution in [2.45, 2.75) is 24.5 Å². The van der Waals surface area contributed by atoms with Crippen LogP contribution >= 0.6 is 0 Å². The van der Waals surface area contributed by atoms with Gasteiger partial charge in [0.1, 0.15) is 5.65 Å². The third kappa shape index (κ3) is 4.21. The number of hydrogen-bond donors (Lipinski definition) is 0. The van der Waals surface area contributed by atoms with Crippen LogP contribution in [-0.2, 0) is 22.7 Å². The smallest absolute Gasteiger partial charge is 0.307 e. The summed E-state index contributed by atoms with van der Waals surface area (Å²) < 4.78 is 67.6. The summed E-state index contributed by atoms with van der Waals surface area (Å²) in [4.78, 5) is 6.34. The molecule has 0 bridgehead atoms. The Kier molecular flexibility index (Phi) is 5.33. The largest absolute Gasteiger partial charge is 0.416 e. The fourth-order valence-electron chi connectivity index (χ4n) is 3.57. The van der Waals surface area contributed by atoms with E-state index in [9.17, 15) is 21.6 Å². The van der Waals surface area contributed by atoms with Crippen LogP contribution in [0.1, 0.15) is 16.8 Å². The van der Waals surface area contributed by atoms with Gasteiger partial charge in [-0.3, -0.25) is 4.90 Å². The van der Waals surface area contributed by atoms with Gasteiger partial charge in [-0.2, -0.15) is 17.5 Å². The number of imidazole rings is 1. The lowest BCUT2D eigenvalue weighted by Crippen LogP contribution is -2.48. The Hall–Kier alpha value is -2.43. The molecule has 1 aliphatic rings. The lowest BCUT2D eigenvalue weighted by atomic mass is 10.2. The molecule has 0 aliphatic carbocycles. The molecule has 10 heteroatoms. The number of aryl methyl sites for hydroxylation is 1. The second-order valence-corrected chi connectivity index (χ2v) is 9.35. The van der Waals surface area contributed by atoms with Gasteiger partial charge in [-0.15, -0.1) is 0 Å². The topological polar surface area (TPSA) is 57.9 Å². The zero-order valence-corrected chi connectivity index (χ0v) is 17.1. The highest BCUT2D eigenvalue weighted by Crippen LogP contribution is 2.31. The third-order valence-electron chi connectivity index (χ3n) is 5.16. The highest BCUT2D eigenvalue weighted by Gasteiger charge is 2.34. The number of rotatable bonds is 4. The van der Waals surface area contributed by atoms with Gasteiger partial charge < -0.3 is 4.40 Å². The molecule has 0 amide bonds. The number of sulfonamides is 1. The summed E-state index contributed by atoms with van der Waals surface area (Å²) >= 11 is 0. The molecular weight excluding hydrogens is 417 g/mol. The zero-order chi connectivity index (χ0) is 21.5. The number of hydrogen-bond acceptors (Lipinski definition) is 4. The minimum atomic E-state index is -4.59. The molecule has 0 atom stereocenters. The first-order chi connectivity index (χ1) is 14.1. The molecule has 4 rings (SSSR count). The standard InChI is InChI=1S/C20H21F3N4O2S/c1-15-5-6-19-24-17(14-26(19)12-15)13-25-7-9-27(10-8-25)30(28,29)18-4-2-3-16(11-18)20(21,22)23/h2-6,11-12,14H,7-10,13H2,1H3. The summed E-state index contributed by atoms with van der Waals surface area (Å²) in [5, 5.41) is 0. The van der Waals surface area contributed by atoms with Crippen LogP contribution in [0.25, 0.3) is 5.65 Å². The van der Waals surface area contributed by atoms with Crippen molar-refractivity contribution in [3.05, 3.63) is 65.6 Å². The van der Waals surface area contributed by atoms with Gasteiger partial charge in [0.2, 0.25) is 10.0 Å². The minimum absolute atomic E-state index is 0.213. The Morgan fingerprint density at radius 1 is 1.03 bits per heavy atom. The van der Waals surface area contributed by atoms with Gasteiger partial charge >= 0.3 is 6.18 Å². The van der Waals surface area contributed by atoms with Crippen LogP contribution in [0.3, 0.4) is 0 Å². The van der Waals surface area contributed by atoms with E-state index in [-0.39, 0.29) is 18.0 Å². The lowest BCUT2D eigenvalue weighted by Gasteiger charge is -2.33. The molecule has 0 unspecified atom stereocenters. The van der Waals surface area contributed by atoms with Gasteiger partial charge in [0.15, 0.2) is 0 Å². The monoisotopic (exact) mass is 438 g/mol. The first-order valence-electron chi connectivity index (χ1n) is 9.47. The Bertz CT molecular complexity index is 1170. The molecule has 0 N–H and O–H groups in total. The summed E-state index contributed by atoms with van der Waals surface area (Å²) in [7, 11) is -3.98. The normalized spacial score (nSPS) is 16.9. The molecule has 1 aromatic carbocycles. The summed E-state index contributed by atoms with van der Waals surface area (Å²) in [6.45, 7) is 3.97. The molecule has 2 aromatic heterocycles. The van der Waals surface area contributed by atoms with E-state index in [4.69, 9.17) is 0 Å². The maximum atomic E-state index is 12.9. The lowest BCUT2D eigenvalue weighted by molar-refractivity contribution is -0.137. The molecule has 1 saturated heterocycles. The van der Waals surface area contributed by atoms with Gasteiger partial charge in [-0.1, -0.05) is 12.1 Å². The van der Waals surface area contributed by atoms with Crippen LogP contribution in [0, 0.1) is 6.92 Å². The van der Waals surface area contributed by atoms with Gasteiger partial charge in [-0.05, 0) is 36.8 Å². The highest BCUT2D eigenvalue weighted by atomic mass is 32.2. The number of fused-ring (bicyclic) bond motifs is 1. The molecule has 1 fully saturated rings. The summed E-state index contributed by atoms with van der Waals surface area (Å²) in [6.07, 6.45) is -0.643. The second-order valence-electron chi connectivity index (χ2n) is 7.41. The van der Waals surface area contributed by atoms with Crippen molar-refractivity contribution in [1.29, 1.82) is 0 Å². The summed E-state index contributed by atoms with van der Waals surface area (Å²) in [6, 6.07) is 7.82. The third-order valence-corrected chi connectivity index (χ3v) is 7.06. The van der Waals surface area contributed by atoms with Crippen molar-refractivity contribution in [3.8, 4) is 0 Å². The van der Waals surface area contributed by atoms with Crippen molar-refractivity contribution < 1.29 is 21.6 Å². The number of alkyl halides is 3. The number of aromatic nitrogens is 2. The first kappa shape index (κ1) is 20.8. The van der Waals surface area contributed by atoms with E-state index >= 15 is 0 Å². The average molecular weight is 438 g/mol. The summed E-state index contributed by atoms with van der Waals surface area (Å²) in [5.74, 6) is 0. The molecule has 0 spiro atoms. The van der Waals surface area contributed by atoms with Gasteiger partial charge in [-0.25, -0.2) is 13.4 Å². The van der Waals surface area contributed by atoms with E-state index in [0.717, 1.165) is 29.0 Å². The Balaban J connectivity index is 1.43. The van der Waals surface area contributed by atoms with E-state index in [1.807, 2.05) is 35.9 Å². The maximum absolute atomic E-state index is 12.9. The molecule has 1 aliphatic heterocycles. The predicted octanol–water partition coefficient (Wildman–Crippen LogP) is 3.17. The van der Waals surface area contributed by atoms with Gasteiger partial charge in [0.25, 0.3) is 0 Å². The molecular formula is C20H21F3N4O2S. The average Bonchev–Trinajstić information content (AvgIpc) is 3.09. The van der Waals surface area contributed by atoms with E-state index in [0.29, 0.717) is 25.7 Å². The fourth-order valence-corrected chi connectivity index (χ4v) is 5.04. The second kappa shape index (κ2) is 7.68. The molecule has 0 saturated carbocycles. The highest BCUT2D eigenvalue weighted by molar-refractivity contribution is 7.89. The van der Waals surface area contributed by atoms with Crippen LogP contribution in [0.4, 0.5) is 13.2 Å². The van der Waals surface area contributed by atoms with Gasteiger partial charge in [0, 0.05) is 45.1 Å². The Morgan fingerprint density at radius 3 is 2.47 bits per heavy atom. The fraction of sp³-hybridized carbons (Fsp3) is 0.350. The van der Waals surface area contributed by atoms with Crippen LogP contribution in [-0.4, -0.2) is 53.2 Å². The number of halogens is 3. The van der Waals surface area contributed by atoms with Crippen molar-refractivity contribution >= 4 is 15.7 Å². The van der Waals surface area contributed by atoms with Crippen molar-refractivity contribution in [3.63, 3.8) is 0 Å². The van der Waals surface area contributed by atoms with E-state index in [2.05, 4.69) is 9.88 Å². The van der Waals surface area contributed by atoms with Crippen molar-refractivity contribution in [2.75, 3.05) is 26.2 Å². The van der Waals surface area contributed by atoms with Crippen molar-refractivity contribution in [1.82, 2.24) is 18.6 Å². The van der Waals surface area contributed by atoms with Crippen LogP contribution < -0.4 is 0 Å². The Morgan fingerprint density at radius 2 is 1.77 bits per heavy atom. The number of piperazine rings is 1. The number of nitrogens with zero attached hydrogens (tertiary/aromatic N) is 4. The van der Waals surface area contributed by atoms with Gasteiger partial charge in [0.05, 0.1) is 16.2 Å². The molecule has 160 valence electrons. The first-order valence-corrected chi connectivity index (χ1v) is 10.9. The van der Waals surface area contributed by atoms with Crippen LogP contribution in [0.15, 0.2) is 53.7 Å². The Labute approximate surface area is 172 Å². The maximum Gasteiger partial charge on any atom is 0.416 e. The number of pyridine rings is 1. The van der Waals surface area contributed by atoms with Crippen molar-refractivity contribution in [2.24, 2.45) is 0 Å². The van der Waals surface area contributed by atoms with Crippen LogP contribution in [0.2, 0.25) is 0 Å². The van der Waals surface area contributed by atoms with Crippen LogP contribution in [0.5, 0.6) is 0 Å². The zero-order valence-electron chi connectivity index (χ0n) is 16.3. The van der Waals surface area contributed by atoms with E-state index in [1.165, 1.54) is 10.4 Å². The minimum Gasteiger partial charge on any atom is -0.307 e. The number of benzene rings is 1. The molecule has 30 heavy (non-hydrogen) atoms. The molecule has 3 aromatic rings. The molecule has 6 nitrogen and oxygen atoms in total. The summed E-state index contributed by atoms with van der Waals surface area (Å²) in [5.41, 5.74) is 1.89. The molecule has 3 heterocycles. The predicted molar refractivity (Wildman–Crippen MR) is 105 cm³/mol. The quantitative estimate of drug-likeness (QED) is 0.628. The molecule has 0 radical (unpaired) electrons. The van der Waals surface area contributed by atoms with E-state index in [1.54, 1.807) is 0 Å². The SMILES string of the molecule is Cc1ccc2nc(CN3CCN(S(=O)(=O)c4cccc(C(F)(F)F)c4)CC3)cn2c1.